The Morgan fingerprint density at radius 3 is 2.38 bits per heavy atom. The molecule has 0 aromatic rings. The van der Waals surface area contributed by atoms with Crippen molar-refractivity contribution in [2.45, 2.75) is 39.0 Å². The van der Waals surface area contributed by atoms with Gasteiger partial charge in [-0.1, -0.05) is 0 Å². The van der Waals surface area contributed by atoms with E-state index in [9.17, 15) is 9.59 Å². The van der Waals surface area contributed by atoms with E-state index in [-0.39, 0.29) is 16.9 Å². The van der Waals surface area contributed by atoms with Crippen LogP contribution < -0.4 is 0 Å². The Balaban J connectivity index is 1.50. The summed E-state index contributed by atoms with van der Waals surface area (Å²) in [5.41, 5.74) is -0.439. The SMILES string of the molecule is CCN1CC[C@@]2(CN(C(=O)N(C)C)CC23CCN(CC2CCOCC2)CC3)C1=O. The monoisotopic (exact) mass is 406 g/mol. The molecule has 0 aliphatic carbocycles. The minimum absolute atomic E-state index is 0.0497. The zero-order valence-electron chi connectivity index (χ0n) is 18.5. The van der Waals surface area contributed by atoms with Crippen LogP contribution >= 0.6 is 0 Å². The molecule has 2 spiro atoms. The molecule has 4 aliphatic heterocycles. The molecule has 0 radical (unpaired) electrons. The molecule has 1 atom stereocenters. The van der Waals surface area contributed by atoms with Gasteiger partial charge in [0.2, 0.25) is 5.91 Å². The van der Waals surface area contributed by atoms with Crippen LogP contribution in [0.4, 0.5) is 4.79 Å². The standard InChI is InChI=1S/C22H38N4O3/c1-4-25-12-9-22(19(25)27)17-26(20(28)23(2)3)16-21(22)7-10-24(11-8-21)15-18-5-13-29-14-6-18/h18H,4-17H2,1-3H3/t22-/m1/s1. The van der Waals surface area contributed by atoms with Crippen LogP contribution in [0.2, 0.25) is 0 Å². The first-order chi connectivity index (χ1) is 13.9. The highest BCUT2D eigenvalue weighted by atomic mass is 16.5. The quantitative estimate of drug-likeness (QED) is 0.716. The fourth-order valence-electron chi connectivity index (χ4n) is 6.36. The van der Waals surface area contributed by atoms with E-state index in [2.05, 4.69) is 11.8 Å². The molecule has 29 heavy (non-hydrogen) atoms. The largest absolute Gasteiger partial charge is 0.381 e. The number of rotatable bonds is 3. The maximum absolute atomic E-state index is 13.5. The Morgan fingerprint density at radius 2 is 1.79 bits per heavy atom. The van der Waals surface area contributed by atoms with Crippen molar-refractivity contribution >= 4 is 11.9 Å². The molecule has 164 valence electrons. The number of nitrogens with zero attached hydrogens (tertiary/aromatic N) is 4. The third kappa shape index (κ3) is 3.54. The van der Waals surface area contributed by atoms with Gasteiger partial charge in [-0.3, -0.25) is 4.79 Å². The van der Waals surface area contributed by atoms with Crippen LogP contribution in [0.5, 0.6) is 0 Å². The Bertz CT molecular complexity index is 626. The predicted molar refractivity (Wildman–Crippen MR) is 112 cm³/mol. The van der Waals surface area contributed by atoms with E-state index in [1.807, 2.05) is 23.9 Å². The molecule has 4 heterocycles. The number of hydrogen-bond donors (Lipinski definition) is 0. The number of carbonyl (C=O) groups excluding carboxylic acids is 2. The smallest absolute Gasteiger partial charge is 0.319 e. The zero-order valence-corrected chi connectivity index (χ0v) is 18.5. The minimum Gasteiger partial charge on any atom is -0.381 e. The number of likely N-dealkylation sites (tertiary alicyclic amines) is 3. The molecule has 7 nitrogen and oxygen atoms in total. The summed E-state index contributed by atoms with van der Waals surface area (Å²) in [7, 11) is 3.62. The van der Waals surface area contributed by atoms with Gasteiger partial charge in [-0.05, 0) is 58.0 Å². The number of urea groups is 1. The van der Waals surface area contributed by atoms with Gasteiger partial charge in [0.25, 0.3) is 0 Å². The van der Waals surface area contributed by atoms with Crippen molar-refractivity contribution in [1.29, 1.82) is 0 Å². The van der Waals surface area contributed by atoms with Crippen molar-refractivity contribution < 1.29 is 14.3 Å². The second-order valence-corrected chi connectivity index (χ2v) is 9.89. The summed E-state index contributed by atoms with van der Waals surface area (Å²) in [5.74, 6) is 1.04. The molecule has 0 saturated carbocycles. The maximum atomic E-state index is 13.5. The highest BCUT2D eigenvalue weighted by Gasteiger charge is 2.65. The Morgan fingerprint density at radius 1 is 1.10 bits per heavy atom. The van der Waals surface area contributed by atoms with E-state index < -0.39 is 0 Å². The van der Waals surface area contributed by atoms with E-state index in [0.717, 1.165) is 77.7 Å². The van der Waals surface area contributed by atoms with E-state index in [4.69, 9.17) is 4.74 Å². The molecule has 7 heteroatoms. The molecule has 4 saturated heterocycles. The number of carbonyl (C=O) groups is 2. The first kappa shape index (κ1) is 20.9. The fourth-order valence-corrected chi connectivity index (χ4v) is 6.36. The van der Waals surface area contributed by atoms with Gasteiger partial charge in [0.05, 0.1) is 5.41 Å². The molecule has 4 fully saturated rings. The number of hydrogen-bond acceptors (Lipinski definition) is 4. The second-order valence-electron chi connectivity index (χ2n) is 9.89. The first-order valence-corrected chi connectivity index (χ1v) is 11.5. The predicted octanol–water partition coefficient (Wildman–Crippen LogP) is 1.73. The van der Waals surface area contributed by atoms with Gasteiger partial charge in [-0.15, -0.1) is 0 Å². The highest BCUT2D eigenvalue weighted by Crippen LogP contribution is 2.58. The van der Waals surface area contributed by atoms with Gasteiger partial charge in [0.15, 0.2) is 0 Å². The molecule has 3 amide bonds. The molecular formula is C22H38N4O3. The van der Waals surface area contributed by atoms with Gasteiger partial charge in [0, 0.05) is 65.4 Å². The summed E-state index contributed by atoms with van der Waals surface area (Å²) in [6.45, 7) is 10.0. The van der Waals surface area contributed by atoms with E-state index >= 15 is 0 Å². The van der Waals surface area contributed by atoms with Crippen LogP contribution in [-0.4, -0.2) is 105 Å². The second kappa shape index (κ2) is 8.06. The average Bonchev–Trinajstić information content (AvgIpc) is 3.22. The maximum Gasteiger partial charge on any atom is 0.319 e. The lowest BCUT2D eigenvalue weighted by molar-refractivity contribution is -0.142. The lowest BCUT2D eigenvalue weighted by Gasteiger charge is -2.47. The first-order valence-electron chi connectivity index (χ1n) is 11.5. The van der Waals surface area contributed by atoms with Crippen molar-refractivity contribution in [2.24, 2.45) is 16.7 Å². The lowest BCUT2D eigenvalue weighted by Crippen LogP contribution is -2.53. The summed E-state index contributed by atoms with van der Waals surface area (Å²) in [5, 5.41) is 0. The minimum atomic E-state index is -0.376. The van der Waals surface area contributed by atoms with E-state index in [1.165, 1.54) is 12.8 Å². The van der Waals surface area contributed by atoms with Gasteiger partial charge >= 0.3 is 6.03 Å². The third-order valence-electron chi connectivity index (χ3n) is 8.18. The molecule has 0 N–H and O–H groups in total. The molecule has 0 aromatic heterocycles. The van der Waals surface area contributed by atoms with Crippen molar-refractivity contribution in [1.82, 2.24) is 19.6 Å². The number of piperidine rings is 1. The van der Waals surface area contributed by atoms with Crippen LogP contribution in [0.15, 0.2) is 0 Å². The number of amides is 3. The molecule has 0 unspecified atom stereocenters. The van der Waals surface area contributed by atoms with Gasteiger partial charge in [-0.2, -0.15) is 0 Å². The average molecular weight is 407 g/mol. The number of ether oxygens (including phenoxy) is 1. The summed E-state index contributed by atoms with van der Waals surface area (Å²) < 4.78 is 5.51. The normalized spacial score (nSPS) is 30.7. The third-order valence-corrected chi connectivity index (χ3v) is 8.18. The number of fused-ring (bicyclic) bond motifs is 1. The molecule has 0 bridgehead atoms. The Hall–Kier alpha value is -1.34. The van der Waals surface area contributed by atoms with E-state index in [0.29, 0.717) is 12.5 Å². The summed E-state index contributed by atoms with van der Waals surface area (Å²) in [4.78, 5) is 34.6. The summed E-state index contributed by atoms with van der Waals surface area (Å²) in [6.07, 6.45) is 5.28. The van der Waals surface area contributed by atoms with Crippen molar-refractivity contribution in [3.8, 4) is 0 Å². The molecule has 4 aliphatic rings. The molecule has 4 rings (SSSR count). The molecule has 0 aromatic carbocycles. The summed E-state index contributed by atoms with van der Waals surface area (Å²) >= 11 is 0. The van der Waals surface area contributed by atoms with Crippen molar-refractivity contribution in [3.05, 3.63) is 0 Å². The Kier molecular flexibility index (Phi) is 5.81. The van der Waals surface area contributed by atoms with Gasteiger partial charge in [-0.25, -0.2) is 4.79 Å². The van der Waals surface area contributed by atoms with Crippen molar-refractivity contribution in [2.75, 3.05) is 73.1 Å². The van der Waals surface area contributed by atoms with Crippen LogP contribution in [0.3, 0.4) is 0 Å². The van der Waals surface area contributed by atoms with Crippen molar-refractivity contribution in [3.63, 3.8) is 0 Å². The summed E-state index contributed by atoms with van der Waals surface area (Å²) in [6, 6.07) is 0.0497. The van der Waals surface area contributed by atoms with Crippen LogP contribution in [-0.2, 0) is 9.53 Å². The van der Waals surface area contributed by atoms with Gasteiger partial charge < -0.3 is 24.3 Å². The highest BCUT2D eigenvalue weighted by molar-refractivity contribution is 5.88. The van der Waals surface area contributed by atoms with Gasteiger partial charge in [0.1, 0.15) is 0 Å². The molecular weight excluding hydrogens is 368 g/mol. The fraction of sp³-hybridized carbons (Fsp3) is 0.909. The topological polar surface area (TPSA) is 56.3 Å². The van der Waals surface area contributed by atoms with Crippen LogP contribution in [0.1, 0.15) is 39.0 Å². The van der Waals surface area contributed by atoms with Crippen LogP contribution in [0, 0.1) is 16.7 Å². The van der Waals surface area contributed by atoms with E-state index in [1.54, 1.807) is 4.90 Å². The Labute approximate surface area is 175 Å². The van der Waals surface area contributed by atoms with Crippen LogP contribution in [0.25, 0.3) is 0 Å². The zero-order chi connectivity index (χ0) is 20.6. The lowest BCUT2D eigenvalue weighted by atomic mass is 9.60.